The van der Waals surface area contributed by atoms with Crippen LogP contribution in [0, 0.1) is 0 Å². The molecule has 0 bridgehead atoms. The zero-order chi connectivity index (χ0) is 18.0. The molecule has 0 amide bonds. The number of rotatable bonds is 4. The standard InChI is InChI=1S/C17H21F3N4O/c1-24-15(22-23-16(24)11-5-7-13(21)8-6-11)10-25-14-4-2-3-12(9-14)17(18,19)20/h2-4,9,11,13H,5-8,10,21H2,1H3. The first-order chi connectivity index (χ1) is 11.8. The predicted molar refractivity (Wildman–Crippen MR) is 86.0 cm³/mol. The lowest BCUT2D eigenvalue weighted by molar-refractivity contribution is -0.137. The first-order valence-electron chi connectivity index (χ1n) is 8.28. The van der Waals surface area contributed by atoms with E-state index in [4.69, 9.17) is 10.5 Å². The van der Waals surface area contributed by atoms with Gasteiger partial charge in [-0.05, 0) is 43.9 Å². The molecule has 5 nitrogen and oxygen atoms in total. The van der Waals surface area contributed by atoms with E-state index in [9.17, 15) is 13.2 Å². The number of ether oxygens (including phenoxy) is 1. The van der Waals surface area contributed by atoms with Gasteiger partial charge < -0.3 is 15.0 Å². The van der Waals surface area contributed by atoms with Crippen molar-refractivity contribution in [2.45, 2.75) is 50.4 Å². The molecule has 1 heterocycles. The molecule has 1 aromatic carbocycles. The lowest BCUT2D eigenvalue weighted by Gasteiger charge is -2.25. The van der Waals surface area contributed by atoms with Gasteiger partial charge in [-0.1, -0.05) is 6.07 Å². The van der Waals surface area contributed by atoms with Gasteiger partial charge in [0.1, 0.15) is 18.2 Å². The third kappa shape index (κ3) is 4.12. The summed E-state index contributed by atoms with van der Waals surface area (Å²) in [6, 6.07) is 5.08. The molecule has 1 aliphatic carbocycles. The summed E-state index contributed by atoms with van der Waals surface area (Å²) < 4.78 is 45.6. The van der Waals surface area contributed by atoms with Gasteiger partial charge in [-0.2, -0.15) is 13.2 Å². The zero-order valence-electron chi connectivity index (χ0n) is 14.0. The largest absolute Gasteiger partial charge is 0.486 e. The smallest absolute Gasteiger partial charge is 0.416 e. The summed E-state index contributed by atoms with van der Waals surface area (Å²) in [6.45, 7) is 0.0665. The molecule has 2 N–H and O–H groups in total. The Bertz CT molecular complexity index is 721. The molecule has 0 atom stereocenters. The molecule has 25 heavy (non-hydrogen) atoms. The molecule has 3 rings (SSSR count). The van der Waals surface area contributed by atoms with E-state index >= 15 is 0 Å². The summed E-state index contributed by atoms with van der Waals surface area (Å²) in [5.41, 5.74) is 5.20. The van der Waals surface area contributed by atoms with E-state index in [2.05, 4.69) is 10.2 Å². The van der Waals surface area contributed by atoms with Gasteiger partial charge in [0, 0.05) is 19.0 Å². The van der Waals surface area contributed by atoms with E-state index in [0.717, 1.165) is 43.6 Å². The van der Waals surface area contributed by atoms with E-state index in [0.29, 0.717) is 11.7 Å². The van der Waals surface area contributed by atoms with Crippen molar-refractivity contribution in [1.29, 1.82) is 0 Å². The molecule has 2 aromatic rings. The van der Waals surface area contributed by atoms with E-state index in [1.54, 1.807) is 0 Å². The Balaban J connectivity index is 1.66. The van der Waals surface area contributed by atoms with Crippen molar-refractivity contribution in [3.63, 3.8) is 0 Å². The Morgan fingerprint density at radius 3 is 2.60 bits per heavy atom. The molecule has 1 aromatic heterocycles. The average Bonchev–Trinajstić information content (AvgIpc) is 2.94. The van der Waals surface area contributed by atoms with Crippen LogP contribution in [0.25, 0.3) is 0 Å². The quantitative estimate of drug-likeness (QED) is 0.914. The van der Waals surface area contributed by atoms with Gasteiger partial charge in [-0.3, -0.25) is 0 Å². The molecule has 8 heteroatoms. The van der Waals surface area contributed by atoms with Gasteiger partial charge in [0.05, 0.1) is 5.56 Å². The number of alkyl halides is 3. The second-order valence-corrected chi connectivity index (χ2v) is 6.46. The fraction of sp³-hybridized carbons (Fsp3) is 0.529. The number of benzene rings is 1. The third-order valence-corrected chi connectivity index (χ3v) is 4.66. The second kappa shape index (κ2) is 7.03. The van der Waals surface area contributed by atoms with Crippen molar-refractivity contribution in [3.05, 3.63) is 41.5 Å². The molecular weight excluding hydrogens is 333 g/mol. The van der Waals surface area contributed by atoms with Crippen molar-refractivity contribution >= 4 is 0 Å². The van der Waals surface area contributed by atoms with Crippen LogP contribution < -0.4 is 10.5 Å². The molecule has 0 aliphatic heterocycles. The van der Waals surface area contributed by atoms with Gasteiger partial charge in [-0.25, -0.2) is 0 Å². The zero-order valence-corrected chi connectivity index (χ0v) is 14.0. The van der Waals surface area contributed by atoms with E-state index in [1.165, 1.54) is 12.1 Å². The molecule has 1 aliphatic rings. The monoisotopic (exact) mass is 354 g/mol. The van der Waals surface area contributed by atoms with Crippen LogP contribution in [0.15, 0.2) is 24.3 Å². The van der Waals surface area contributed by atoms with Crippen LogP contribution in [-0.4, -0.2) is 20.8 Å². The van der Waals surface area contributed by atoms with Crippen LogP contribution >= 0.6 is 0 Å². The summed E-state index contributed by atoms with van der Waals surface area (Å²) in [5.74, 6) is 1.94. The predicted octanol–water partition coefficient (Wildman–Crippen LogP) is 3.40. The van der Waals surface area contributed by atoms with Gasteiger partial charge >= 0.3 is 6.18 Å². The SMILES string of the molecule is Cn1c(COc2cccc(C(F)(F)F)c2)nnc1C1CCC(N)CC1. The summed E-state index contributed by atoms with van der Waals surface area (Å²) in [6.07, 6.45) is -0.510. The summed E-state index contributed by atoms with van der Waals surface area (Å²) in [4.78, 5) is 0. The highest BCUT2D eigenvalue weighted by molar-refractivity contribution is 5.30. The normalized spacial score (nSPS) is 21.3. The van der Waals surface area contributed by atoms with Crippen LogP contribution in [0.2, 0.25) is 0 Å². The minimum absolute atomic E-state index is 0.0665. The summed E-state index contributed by atoms with van der Waals surface area (Å²) >= 11 is 0. The van der Waals surface area contributed by atoms with Crippen LogP contribution in [0.5, 0.6) is 5.75 Å². The van der Waals surface area contributed by atoms with Crippen LogP contribution in [0.3, 0.4) is 0 Å². The minimum Gasteiger partial charge on any atom is -0.486 e. The highest BCUT2D eigenvalue weighted by Gasteiger charge is 2.30. The maximum atomic E-state index is 12.7. The topological polar surface area (TPSA) is 66.0 Å². The van der Waals surface area contributed by atoms with E-state index in [1.807, 2.05) is 11.6 Å². The van der Waals surface area contributed by atoms with Crippen molar-refractivity contribution in [2.24, 2.45) is 12.8 Å². The van der Waals surface area contributed by atoms with Crippen molar-refractivity contribution < 1.29 is 17.9 Å². The maximum Gasteiger partial charge on any atom is 0.416 e. The Labute approximate surface area is 144 Å². The summed E-state index contributed by atoms with van der Waals surface area (Å²) in [7, 11) is 1.86. The average molecular weight is 354 g/mol. The lowest BCUT2D eigenvalue weighted by Crippen LogP contribution is -2.26. The second-order valence-electron chi connectivity index (χ2n) is 6.46. The van der Waals surface area contributed by atoms with Gasteiger partial charge in [0.25, 0.3) is 0 Å². The van der Waals surface area contributed by atoms with E-state index < -0.39 is 11.7 Å². The van der Waals surface area contributed by atoms with E-state index in [-0.39, 0.29) is 18.4 Å². The maximum absolute atomic E-state index is 12.7. The first-order valence-corrected chi connectivity index (χ1v) is 8.28. The fourth-order valence-electron chi connectivity index (χ4n) is 3.14. The number of nitrogens with two attached hydrogens (primary N) is 1. The van der Waals surface area contributed by atoms with Crippen LogP contribution in [0.1, 0.15) is 48.8 Å². The van der Waals surface area contributed by atoms with Crippen LogP contribution in [-0.2, 0) is 19.8 Å². The third-order valence-electron chi connectivity index (χ3n) is 4.66. The molecule has 0 radical (unpaired) electrons. The number of aromatic nitrogens is 3. The molecular formula is C17H21F3N4O. The number of hydrogen-bond donors (Lipinski definition) is 1. The lowest BCUT2D eigenvalue weighted by atomic mass is 9.86. The van der Waals surface area contributed by atoms with Crippen LogP contribution in [0.4, 0.5) is 13.2 Å². The highest BCUT2D eigenvalue weighted by Crippen LogP contribution is 2.32. The number of halogens is 3. The van der Waals surface area contributed by atoms with Crippen molar-refractivity contribution in [2.75, 3.05) is 0 Å². The molecule has 136 valence electrons. The van der Waals surface area contributed by atoms with Gasteiger partial charge in [0.2, 0.25) is 0 Å². The van der Waals surface area contributed by atoms with Gasteiger partial charge in [0.15, 0.2) is 5.82 Å². The fourth-order valence-corrected chi connectivity index (χ4v) is 3.14. The molecule has 0 spiro atoms. The molecule has 0 unspecified atom stereocenters. The minimum atomic E-state index is -4.39. The number of hydrogen-bond acceptors (Lipinski definition) is 4. The first kappa shape index (κ1) is 17.7. The molecule has 1 fully saturated rings. The Morgan fingerprint density at radius 1 is 1.20 bits per heavy atom. The number of nitrogens with zero attached hydrogens (tertiary/aromatic N) is 3. The highest BCUT2D eigenvalue weighted by atomic mass is 19.4. The Hall–Kier alpha value is -2.09. The van der Waals surface area contributed by atoms with Gasteiger partial charge in [-0.15, -0.1) is 10.2 Å². The Kier molecular flexibility index (Phi) is 4.99. The summed E-state index contributed by atoms with van der Waals surface area (Å²) in [5, 5.41) is 8.38. The Morgan fingerprint density at radius 2 is 1.92 bits per heavy atom. The molecule has 0 saturated heterocycles. The van der Waals surface area contributed by atoms with Crippen molar-refractivity contribution in [3.8, 4) is 5.75 Å². The molecule has 1 saturated carbocycles. The van der Waals surface area contributed by atoms with Crippen molar-refractivity contribution in [1.82, 2.24) is 14.8 Å².